The first-order chi connectivity index (χ1) is 7.54. The molecule has 1 rings (SSSR count). The maximum atomic E-state index is 11.3. The lowest BCUT2D eigenvalue weighted by Gasteiger charge is -2.18. The molecule has 0 aliphatic rings. The minimum Gasteiger partial charge on any atom is -0.368 e. The number of carbonyl (C=O) groups excluding carboxylic acids is 1. The van der Waals surface area contributed by atoms with Crippen LogP contribution in [0.2, 0.25) is 0 Å². The van der Waals surface area contributed by atoms with Crippen LogP contribution >= 0.6 is 11.8 Å². The van der Waals surface area contributed by atoms with E-state index in [1.807, 2.05) is 44.4 Å². The van der Waals surface area contributed by atoms with E-state index >= 15 is 0 Å². The molecule has 1 aromatic carbocycles. The Hall–Kier alpha value is -1.00. The molecule has 3 N–H and O–H groups in total. The molecular formula is C12H18N2OS. The van der Waals surface area contributed by atoms with Crippen LogP contribution in [-0.4, -0.2) is 18.2 Å². The van der Waals surface area contributed by atoms with E-state index in [1.165, 1.54) is 4.90 Å². The van der Waals surface area contributed by atoms with Crippen molar-refractivity contribution in [3.05, 3.63) is 29.8 Å². The topological polar surface area (TPSA) is 55.1 Å². The predicted molar refractivity (Wildman–Crippen MR) is 68.4 cm³/mol. The second-order valence-corrected chi connectivity index (χ2v) is 4.81. The van der Waals surface area contributed by atoms with Crippen molar-refractivity contribution >= 4 is 17.7 Å². The van der Waals surface area contributed by atoms with Crippen molar-refractivity contribution in [2.75, 3.05) is 6.26 Å². The van der Waals surface area contributed by atoms with Crippen LogP contribution in [0.1, 0.15) is 25.5 Å². The van der Waals surface area contributed by atoms with Gasteiger partial charge in [-0.1, -0.05) is 12.1 Å². The molecule has 0 bridgehead atoms. The van der Waals surface area contributed by atoms with Crippen molar-refractivity contribution in [1.82, 2.24) is 5.32 Å². The second kappa shape index (κ2) is 5.92. The Labute approximate surface area is 101 Å². The Morgan fingerprint density at radius 1 is 1.31 bits per heavy atom. The molecule has 1 amide bonds. The summed E-state index contributed by atoms with van der Waals surface area (Å²) in [7, 11) is 0. The number of hydrogen-bond donors (Lipinski definition) is 2. The highest BCUT2D eigenvalue weighted by atomic mass is 32.2. The Morgan fingerprint density at radius 2 is 1.88 bits per heavy atom. The smallest absolute Gasteiger partial charge is 0.239 e. The molecule has 0 heterocycles. The van der Waals surface area contributed by atoms with Gasteiger partial charge in [0.2, 0.25) is 5.91 Å². The summed E-state index contributed by atoms with van der Waals surface area (Å²) in [6.07, 6.45) is 2.02. The molecule has 0 saturated carbocycles. The van der Waals surface area contributed by atoms with Crippen LogP contribution in [0, 0.1) is 0 Å². The van der Waals surface area contributed by atoms with Gasteiger partial charge < -0.3 is 5.73 Å². The van der Waals surface area contributed by atoms with Crippen LogP contribution in [0.5, 0.6) is 0 Å². The average molecular weight is 238 g/mol. The van der Waals surface area contributed by atoms with Crippen LogP contribution in [0.25, 0.3) is 0 Å². The Kier molecular flexibility index (Phi) is 4.83. The second-order valence-electron chi connectivity index (χ2n) is 3.93. The van der Waals surface area contributed by atoms with Crippen molar-refractivity contribution < 1.29 is 4.79 Å². The van der Waals surface area contributed by atoms with Crippen molar-refractivity contribution in [3.8, 4) is 0 Å². The monoisotopic (exact) mass is 238 g/mol. The van der Waals surface area contributed by atoms with Crippen LogP contribution in [0.15, 0.2) is 29.2 Å². The normalized spacial score (nSPS) is 12.8. The van der Waals surface area contributed by atoms with Gasteiger partial charge in [-0.2, -0.15) is 0 Å². The number of carbonyl (C=O) groups is 1. The van der Waals surface area contributed by atoms with E-state index < -0.39 is 6.04 Å². The third-order valence-electron chi connectivity index (χ3n) is 2.23. The molecule has 16 heavy (non-hydrogen) atoms. The maximum Gasteiger partial charge on any atom is 0.239 e. The van der Waals surface area contributed by atoms with E-state index in [-0.39, 0.29) is 11.9 Å². The summed E-state index contributed by atoms with van der Waals surface area (Å²) in [5.74, 6) is -0.342. The lowest BCUT2D eigenvalue weighted by molar-refractivity contribution is -0.120. The van der Waals surface area contributed by atoms with E-state index in [4.69, 9.17) is 5.73 Å². The molecule has 4 heteroatoms. The summed E-state index contributed by atoms with van der Waals surface area (Å²) in [5, 5.41) is 3.15. The van der Waals surface area contributed by atoms with E-state index in [0.29, 0.717) is 0 Å². The fourth-order valence-electron chi connectivity index (χ4n) is 1.47. The molecule has 1 aromatic rings. The number of hydrogen-bond acceptors (Lipinski definition) is 3. The fourth-order valence-corrected chi connectivity index (χ4v) is 1.88. The predicted octanol–water partition coefficient (Wildman–Crippen LogP) is 1.93. The highest BCUT2D eigenvalue weighted by Gasteiger charge is 2.17. The summed E-state index contributed by atoms with van der Waals surface area (Å²) in [4.78, 5) is 12.5. The Morgan fingerprint density at radius 3 is 2.25 bits per heavy atom. The third-order valence-corrected chi connectivity index (χ3v) is 2.98. The van der Waals surface area contributed by atoms with Gasteiger partial charge in [-0.25, -0.2) is 0 Å². The zero-order chi connectivity index (χ0) is 12.1. The number of thioether (sulfide) groups is 1. The van der Waals surface area contributed by atoms with Gasteiger partial charge in [0.1, 0.15) is 6.04 Å². The lowest BCUT2D eigenvalue weighted by Crippen LogP contribution is -2.37. The first-order valence-electron chi connectivity index (χ1n) is 5.24. The molecule has 3 nitrogen and oxygen atoms in total. The standard InChI is InChI=1S/C12H18N2OS/c1-8(2)14-11(12(13)15)9-4-6-10(16-3)7-5-9/h4-8,11,14H,1-3H3,(H2,13,15). The van der Waals surface area contributed by atoms with Gasteiger partial charge in [-0.05, 0) is 37.8 Å². The molecular weight excluding hydrogens is 220 g/mol. The number of nitrogens with one attached hydrogen (secondary N) is 1. The SMILES string of the molecule is CSc1ccc(C(NC(C)C)C(N)=O)cc1. The first kappa shape index (κ1) is 13.1. The zero-order valence-corrected chi connectivity index (χ0v) is 10.7. The molecule has 0 saturated heterocycles. The molecule has 1 atom stereocenters. The quantitative estimate of drug-likeness (QED) is 0.771. The largest absolute Gasteiger partial charge is 0.368 e. The molecule has 0 spiro atoms. The lowest BCUT2D eigenvalue weighted by atomic mass is 10.1. The fraction of sp³-hybridized carbons (Fsp3) is 0.417. The third kappa shape index (κ3) is 3.54. The summed E-state index contributed by atoms with van der Waals surface area (Å²) in [6, 6.07) is 7.69. The summed E-state index contributed by atoms with van der Waals surface area (Å²) >= 11 is 1.67. The summed E-state index contributed by atoms with van der Waals surface area (Å²) < 4.78 is 0. The van der Waals surface area contributed by atoms with Crippen LogP contribution in [0.3, 0.4) is 0 Å². The number of amides is 1. The van der Waals surface area contributed by atoms with Gasteiger partial charge in [0.15, 0.2) is 0 Å². The first-order valence-corrected chi connectivity index (χ1v) is 6.46. The van der Waals surface area contributed by atoms with Gasteiger partial charge in [0.05, 0.1) is 0 Å². The van der Waals surface area contributed by atoms with Gasteiger partial charge >= 0.3 is 0 Å². The van der Waals surface area contributed by atoms with Crippen molar-refractivity contribution in [2.45, 2.75) is 30.8 Å². The number of primary amides is 1. The Bertz CT molecular complexity index is 349. The zero-order valence-electron chi connectivity index (χ0n) is 9.86. The van der Waals surface area contributed by atoms with Crippen LogP contribution in [0.4, 0.5) is 0 Å². The van der Waals surface area contributed by atoms with Crippen molar-refractivity contribution in [2.24, 2.45) is 5.73 Å². The van der Waals surface area contributed by atoms with Gasteiger partial charge in [0, 0.05) is 10.9 Å². The molecule has 88 valence electrons. The summed E-state index contributed by atoms with van der Waals surface area (Å²) in [5.41, 5.74) is 6.30. The van der Waals surface area contributed by atoms with E-state index in [1.54, 1.807) is 11.8 Å². The van der Waals surface area contributed by atoms with Crippen molar-refractivity contribution in [1.29, 1.82) is 0 Å². The van der Waals surface area contributed by atoms with Gasteiger partial charge in [-0.3, -0.25) is 10.1 Å². The number of rotatable bonds is 5. The maximum absolute atomic E-state index is 11.3. The molecule has 0 aliphatic carbocycles. The average Bonchev–Trinajstić information content (AvgIpc) is 2.25. The van der Waals surface area contributed by atoms with Crippen LogP contribution < -0.4 is 11.1 Å². The molecule has 0 fully saturated rings. The minimum absolute atomic E-state index is 0.220. The Balaban J connectivity index is 2.88. The number of benzene rings is 1. The molecule has 0 radical (unpaired) electrons. The summed E-state index contributed by atoms with van der Waals surface area (Å²) in [6.45, 7) is 3.98. The van der Waals surface area contributed by atoms with Crippen LogP contribution in [-0.2, 0) is 4.79 Å². The van der Waals surface area contributed by atoms with E-state index in [0.717, 1.165) is 5.56 Å². The highest BCUT2D eigenvalue weighted by molar-refractivity contribution is 7.98. The van der Waals surface area contributed by atoms with Gasteiger partial charge in [0.25, 0.3) is 0 Å². The molecule has 0 aliphatic heterocycles. The van der Waals surface area contributed by atoms with E-state index in [9.17, 15) is 4.79 Å². The van der Waals surface area contributed by atoms with Crippen molar-refractivity contribution in [3.63, 3.8) is 0 Å². The van der Waals surface area contributed by atoms with Gasteiger partial charge in [-0.15, -0.1) is 11.8 Å². The minimum atomic E-state index is -0.407. The molecule has 1 unspecified atom stereocenters. The number of nitrogens with two attached hydrogens (primary N) is 1. The van der Waals surface area contributed by atoms with E-state index in [2.05, 4.69) is 5.32 Å². The molecule has 0 aromatic heterocycles. The highest BCUT2D eigenvalue weighted by Crippen LogP contribution is 2.19.